The Balaban J connectivity index is 3.21. The van der Waals surface area contributed by atoms with Crippen molar-refractivity contribution < 1.29 is 71.8 Å². The Morgan fingerprint density at radius 2 is 1.56 bits per heavy atom. The van der Waals surface area contributed by atoms with Crippen molar-refractivity contribution in [3.05, 3.63) is 0 Å². The summed E-state index contributed by atoms with van der Waals surface area (Å²) in [6, 6.07) is 0. The number of aliphatic hydroxyl groups is 1. The number of carboxylic acid groups (broad SMARTS) is 2. The van der Waals surface area contributed by atoms with Crippen LogP contribution in [0.2, 0.25) is 0 Å². The van der Waals surface area contributed by atoms with E-state index in [1.165, 1.54) is 0 Å². The van der Waals surface area contributed by atoms with E-state index >= 15 is 0 Å². The molecular formula is C10H17FO14P2. The Morgan fingerprint density at radius 3 is 1.93 bits per heavy atom. The van der Waals surface area contributed by atoms with Gasteiger partial charge in [0.15, 0.2) is 6.67 Å². The van der Waals surface area contributed by atoms with Crippen LogP contribution < -0.4 is 0 Å². The van der Waals surface area contributed by atoms with Gasteiger partial charge in [0.2, 0.25) is 0 Å². The van der Waals surface area contributed by atoms with Crippen LogP contribution in [0.4, 0.5) is 4.39 Å². The maximum Gasteiger partial charge on any atom is 0.472 e. The predicted molar refractivity (Wildman–Crippen MR) is 77.6 cm³/mol. The molecule has 1 aliphatic carbocycles. The molecule has 0 aromatic carbocycles. The topological polar surface area (TPSA) is 238 Å². The monoisotopic (exact) mass is 442 g/mol. The fraction of sp³-hybridized carbons (Fsp3) is 0.800. The number of ether oxygens (including phenoxy) is 1. The molecule has 14 nitrogen and oxygen atoms in total. The quantitative estimate of drug-likeness (QED) is 0.160. The van der Waals surface area contributed by atoms with E-state index in [0.717, 1.165) is 0 Å². The van der Waals surface area contributed by atoms with Gasteiger partial charge in [-0.3, -0.25) is 9.32 Å². The fourth-order valence-corrected chi connectivity index (χ4v) is 3.55. The molecule has 1 saturated carbocycles. The minimum atomic E-state index is -5.63. The summed E-state index contributed by atoms with van der Waals surface area (Å²) in [4.78, 5) is 57.6. The van der Waals surface area contributed by atoms with Crippen molar-refractivity contribution in [2.24, 2.45) is 5.92 Å². The lowest BCUT2D eigenvalue weighted by atomic mass is 9.83. The summed E-state index contributed by atoms with van der Waals surface area (Å²) in [7, 11) is -10.8. The Morgan fingerprint density at radius 1 is 1.04 bits per heavy atom. The summed E-state index contributed by atoms with van der Waals surface area (Å²) in [6.45, 7) is -2.15. The minimum absolute atomic E-state index is 0.615. The third kappa shape index (κ3) is 6.84. The van der Waals surface area contributed by atoms with Crippen molar-refractivity contribution >= 4 is 27.6 Å². The third-order valence-electron chi connectivity index (χ3n) is 3.53. The number of aliphatic carboxylic acids is 2. The number of carboxylic acids is 2. The summed E-state index contributed by atoms with van der Waals surface area (Å²) < 4.78 is 47.9. The van der Waals surface area contributed by atoms with Gasteiger partial charge in [-0.1, -0.05) is 0 Å². The van der Waals surface area contributed by atoms with Gasteiger partial charge in [-0.2, -0.15) is 0 Å². The van der Waals surface area contributed by atoms with Gasteiger partial charge in [0.05, 0.1) is 18.1 Å². The summed E-state index contributed by atoms with van der Waals surface area (Å²) in [5.41, 5.74) is 0. The molecule has 1 rings (SSSR count). The Hall–Kier alpha value is -0.990. The Bertz CT molecular complexity index is 658. The molecule has 17 heteroatoms. The minimum Gasteiger partial charge on any atom is -0.481 e. The summed E-state index contributed by atoms with van der Waals surface area (Å²) in [5, 5.41) is 28.2. The number of hydrogen-bond donors (Lipinski definition) is 7. The highest BCUT2D eigenvalue weighted by Crippen LogP contribution is 2.46. The molecule has 0 aliphatic heterocycles. The molecule has 0 aromatic rings. The molecule has 0 amide bonds. The van der Waals surface area contributed by atoms with Crippen LogP contribution in [0.1, 0.15) is 12.8 Å². The van der Waals surface area contributed by atoms with E-state index in [1.54, 1.807) is 0 Å². The van der Waals surface area contributed by atoms with Gasteiger partial charge in [-0.05, 0) is 12.8 Å². The first kappa shape index (κ1) is 24.0. The number of rotatable bonds is 9. The van der Waals surface area contributed by atoms with E-state index < -0.39 is 77.1 Å². The lowest BCUT2D eigenvalue weighted by Crippen LogP contribution is -2.55. The molecule has 7 N–H and O–H groups in total. The van der Waals surface area contributed by atoms with Crippen molar-refractivity contribution in [1.82, 2.24) is 0 Å². The molecule has 0 radical (unpaired) electrons. The highest BCUT2D eigenvalue weighted by Gasteiger charge is 2.53. The van der Waals surface area contributed by atoms with E-state index in [1.807, 2.05) is 0 Å². The SMILES string of the molecule is O=C(O)C1C[C@@H](O[C@@](CF)(OP(=O)(O)O)C(=O)O)[C@H](O)[C@H](OP(=O)(O)O)C1. The lowest BCUT2D eigenvalue weighted by molar-refractivity contribution is -0.261. The maximum atomic E-state index is 13.3. The number of phosphoric acid groups is 2. The van der Waals surface area contributed by atoms with E-state index in [2.05, 4.69) is 13.8 Å². The second kappa shape index (κ2) is 8.57. The highest BCUT2D eigenvalue weighted by molar-refractivity contribution is 7.46. The molecule has 27 heavy (non-hydrogen) atoms. The van der Waals surface area contributed by atoms with E-state index in [-0.39, 0.29) is 0 Å². The molecule has 158 valence electrons. The second-order valence-electron chi connectivity index (χ2n) is 5.56. The van der Waals surface area contributed by atoms with Gasteiger partial charge >= 0.3 is 33.4 Å². The van der Waals surface area contributed by atoms with Gasteiger partial charge in [-0.15, -0.1) is 0 Å². The van der Waals surface area contributed by atoms with Gasteiger partial charge in [-0.25, -0.2) is 22.8 Å². The molecule has 0 aromatic heterocycles. The van der Waals surface area contributed by atoms with E-state index in [4.69, 9.17) is 29.8 Å². The third-order valence-corrected chi connectivity index (χ3v) is 4.61. The molecular weight excluding hydrogens is 425 g/mol. The molecule has 1 fully saturated rings. The molecule has 5 atom stereocenters. The first-order valence-electron chi connectivity index (χ1n) is 6.98. The summed E-state index contributed by atoms with van der Waals surface area (Å²) >= 11 is 0. The van der Waals surface area contributed by atoms with E-state index in [9.17, 15) is 28.2 Å². The molecule has 1 aliphatic rings. The first-order valence-corrected chi connectivity index (χ1v) is 10.0. The average molecular weight is 442 g/mol. The zero-order valence-electron chi connectivity index (χ0n) is 13.2. The standard InChI is InChI=1S/C10H17FO14P2/c11-3-10(9(15)16,25-27(20,21)22)23-5-1-4(8(13)14)2-6(7(5)12)24-26(17,18)19/h4-7,12H,1-3H2,(H,13,14)(H,15,16)(H2,17,18,19)(H2,20,21,22)/t4?,5-,6-,7+,10+/m1/s1. The molecule has 0 heterocycles. The number of halogens is 1. The van der Waals surface area contributed by atoms with Crippen LogP contribution in [0.3, 0.4) is 0 Å². The van der Waals surface area contributed by atoms with Crippen LogP contribution in [0.5, 0.6) is 0 Å². The zero-order valence-corrected chi connectivity index (χ0v) is 15.0. The second-order valence-corrected chi connectivity index (χ2v) is 7.92. The lowest BCUT2D eigenvalue weighted by Gasteiger charge is -2.40. The molecule has 0 spiro atoms. The number of hydrogen-bond acceptors (Lipinski definition) is 8. The van der Waals surface area contributed by atoms with Crippen molar-refractivity contribution in [1.29, 1.82) is 0 Å². The highest BCUT2D eigenvalue weighted by atomic mass is 31.2. The predicted octanol–water partition coefficient (Wildman–Crippen LogP) is -1.44. The Labute approximate surface area is 150 Å². The van der Waals surface area contributed by atoms with Crippen LogP contribution in [-0.2, 0) is 32.5 Å². The average Bonchev–Trinajstić information content (AvgIpc) is 2.47. The van der Waals surface area contributed by atoms with Gasteiger partial charge in [0, 0.05) is 0 Å². The van der Waals surface area contributed by atoms with Crippen LogP contribution in [0, 0.1) is 5.92 Å². The zero-order chi connectivity index (χ0) is 21.2. The normalized spacial score (nSPS) is 29.1. The van der Waals surface area contributed by atoms with Crippen molar-refractivity contribution in [3.63, 3.8) is 0 Å². The smallest absolute Gasteiger partial charge is 0.472 e. The van der Waals surface area contributed by atoms with Crippen molar-refractivity contribution in [2.45, 2.75) is 36.9 Å². The number of carbonyl (C=O) groups is 2. The summed E-state index contributed by atoms with van der Waals surface area (Å²) in [6.07, 6.45) is -7.24. The molecule has 0 saturated heterocycles. The van der Waals surface area contributed by atoms with Gasteiger partial charge in [0.1, 0.15) is 6.10 Å². The molecule has 0 bridgehead atoms. The Kier molecular flexibility index (Phi) is 7.64. The van der Waals surface area contributed by atoms with Gasteiger partial charge in [0.25, 0.3) is 0 Å². The maximum absolute atomic E-state index is 13.3. The largest absolute Gasteiger partial charge is 0.481 e. The number of phosphoric ester groups is 2. The first-order chi connectivity index (χ1) is 12.1. The van der Waals surface area contributed by atoms with Crippen LogP contribution in [0.15, 0.2) is 0 Å². The van der Waals surface area contributed by atoms with Crippen molar-refractivity contribution in [3.8, 4) is 0 Å². The molecule has 1 unspecified atom stereocenters. The van der Waals surface area contributed by atoms with Crippen LogP contribution in [-0.4, -0.2) is 77.6 Å². The van der Waals surface area contributed by atoms with Crippen LogP contribution >= 0.6 is 15.6 Å². The fourth-order valence-electron chi connectivity index (χ4n) is 2.44. The van der Waals surface area contributed by atoms with Gasteiger partial charge < -0.3 is 39.6 Å². The number of alkyl halides is 1. The van der Waals surface area contributed by atoms with Crippen LogP contribution in [0.25, 0.3) is 0 Å². The van der Waals surface area contributed by atoms with Crippen molar-refractivity contribution in [2.75, 3.05) is 6.67 Å². The van der Waals surface area contributed by atoms with E-state index in [0.29, 0.717) is 0 Å². The number of aliphatic hydroxyl groups excluding tert-OH is 1. The summed E-state index contributed by atoms with van der Waals surface area (Å²) in [5.74, 6) is -8.97.